The molecule has 0 aromatic heterocycles. The third-order valence-corrected chi connectivity index (χ3v) is 4.77. The van der Waals surface area contributed by atoms with Crippen LogP contribution in [0.2, 0.25) is 0 Å². The molecule has 2 atom stereocenters. The lowest BCUT2D eigenvalue weighted by molar-refractivity contribution is -0.132. The zero-order valence-electron chi connectivity index (χ0n) is 13.2. The van der Waals surface area contributed by atoms with Crippen molar-refractivity contribution in [1.29, 1.82) is 0 Å². The molecule has 2 rings (SSSR count). The fraction of sp³-hybridized carbons (Fsp3) is 0.938. The highest BCUT2D eigenvalue weighted by Gasteiger charge is 2.27. The Morgan fingerprint density at radius 1 is 1.15 bits per heavy atom. The van der Waals surface area contributed by atoms with E-state index in [2.05, 4.69) is 29.0 Å². The summed E-state index contributed by atoms with van der Waals surface area (Å²) >= 11 is 0. The molecule has 0 aromatic rings. The van der Waals surface area contributed by atoms with Gasteiger partial charge in [-0.25, -0.2) is 0 Å². The molecule has 2 aliphatic rings. The highest BCUT2D eigenvalue weighted by atomic mass is 16.2. The van der Waals surface area contributed by atoms with E-state index in [1.165, 1.54) is 32.1 Å². The molecule has 0 aliphatic carbocycles. The molecule has 2 unspecified atom stereocenters. The first-order valence-corrected chi connectivity index (χ1v) is 8.44. The second kappa shape index (κ2) is 7.99. The Morgan fingerprint density at radius 3 is 2.45 bits per heavy atom. The van der Waals surface area contributed by atoms with Crippen LogP contribution >= 0.6 is 0 Å². The molecule has 20 heavy (non-hydrogen) atoms. The van der Waals surface area contributed by atoms with Crippen molar-refractivity contribution >= 4 is 5.91 Å². The molecule has 2 aliphatic heterocycles. The molecule has 4 nitrogen and oxygen atoms in total. The molecule has 0 spiro atoms. The van der Waals surface area contributed by atoms with Gasteiger partial charge in [-0.15, -0.1) is 0 Å². The van der Waals surface area contributed by atoms with Crippen LogP contribution in [0.15, 0.2) is 0 Å². The molecule has 1 amide bonds. The summed E-state index contributed by atoms with van der Waals surface area (Å²) in [6.45, 7) is 10.2. The van der Waals surface area contributed by atoms with Crippen LogP contribution in [0.3, 0.4) is 0 Å². The number of rotatable bonds is 4. The Labute approximate surface area is 123 Å². The van der Waals surface area contributed by atoms with Crippen LogP contribution in [-0.4, -0.2) is 61.0 Å². The predicted octanol–water partition coefficient (Wildman–Crippen LogP) is 1.71. The molecular formula is C16H31N3O. The van der Waals surface area contributed by atoms with Gasteiger partial charge in [-0.1, -0.05) is 26.7 Å². The Balaban J connectivity index is 1.77. The summed E-state index contributed by atoms with van der Waals surface area (Å²) in [5.41, 5.74) is 0. The molecule has 1 N–H and O–H groups in total. The smallest absolute Gasteiger partial charge is 0.236 e. The van der Waals surface area contributed by atoms with Gasteiger partial charge < -0.3 is 10.2 Å². The SMILES string of the molecule is CCNC1CCN(CC(=O)N2CCCCCC2)CC1C. The van der Waals surface area contributed by atoms with Gasteiger partial charge in [-0.3, -0.25) is 9.69 Å². The largest absolute Gasteiger partial charge is 0.342 e. The zero-order chi connectivity index (χ0) is 14.4. The standard InChI is InChI=1S/C16H31N3O/c1-3-17-15-8-11-18(12-14(15)2)13-16(20)19-9-6-4-5-7-10-19/h14-15,17H,3-13H2,1-2H3. The second-order valence-electron chi connectivity index (χ2n) is 6.46. The van der Waals surface area contributed by atoms with Gasteiger partial charge in [0.05, 0.1) is 6.54 Å². The maximum absolute atomic E-state index is 12.4. The van der Waals surface area contributed by atoms with Crippen LogP contribution in [0.25, 0.3) is 0 Å². The van der Waals surface area contributed by atoms with E-state index < -0.39 is 0 Å². The monoisotopic (exact) mass is 281 g/mol. The Bertz CT molecular complexity index is 300. The van der Waals surface area contributed by atoms with Crippen LogP contribution in [0.5, 0.6) is 0 Å². The van der Waals surface area contributed by atoms with Gasteiger partial charge in [0.15, 0.2) is 0 Å². The second-order valence-corrected chi connectivity index (χ2v) is 6.46. The van der Waals surface area contributed by atoms with Crippen LogP contribution < -0.4 is 5.32 Å². The van der Waals surface area contributed by atoms with Crippen LogP contribution in [-0.2, 0) is 4.79 Å². The minimum absolute atomic E-state index is 0.348. The average molecular weight is 281 g/mol. The molecular weight excluding hydrogens is 250 g/mol. The normalized spacial score (nSPS) is 29.2. The maximum atomic E-state index is 12.4. The maximum Gasteiger partial charge on any atom is 0.236 e. The van der Waals surface area contributed by atoms with E-state index in [1.807, 2.05) is 0 Å². The van der Waals surface area contributed by atoms with Crippen LogP contribution in [0, 0.1) is 5.92 Å². The van der Waals surface area contributed by atoms with Crippen molar-refractivity contribution in [3.05, 3.63) is 0 Å². The van der Waals surface area contributed by atoms with Crippen molar-refractivity contribution in [2.24, 2.45) is 5.92 Å². The number of hydrogen-bond donors (Lipinski definition) is 1. The van der Waals surface area contributed by atoms with Gasteiger partial charge in [-0.05, 0) is 31.7 Å². The molecule has 0 radical (unpaired) electrons. The molecule has 4 heteroatoms. The number of carbonyl (C=O) groups is 1. The number of hydrogen-bond acceptors (Lipinski definition) is 3. The van der Waals surface area contributed by atoms with Crippen molar-refractivity contribution in [2.75, 3.05) is 39.3 Å². The number of carbonyl (C=O) groups excluding carboxylic acids is 1. The number of likely N-dealkylation sites (tertiary alicyclic amines) is 2. The van der Waals surface area contributed by atoms with Crippen LogP contribution in [0.1, 0.15) is 46.0 Å². The van der Waals surface area contributed by atoms with Gasteiger partial charge in [0.1, 0.15) is 0 Å². The highest BCUT2D eigenvalue weighted by Crippen LogP contribution is 2.17. The first-order valence-electron chi connectivity index (χ1n) is 8.44. The lowest BCUT2D eigenvalue weighted by Crippen LogP contribution is -2.51. The van der Waals surface area contributed by atoms with E-state index in [4.69, 9.17) is 0 Å². The van der Waals surface area contributed by atoms with E-state index in [-0.39, 0.29) is 0 Å². The van der Waals surface area contributed by atoms with Gasteiger partial charge in [0.2, 0.25) is 5.91 Å². The van der Waals surface area contributed by atoms with Gasteiger partial charge in [0, 0.05) is 32.2 Å². The van der Waals surface area contributed by atoms with Crippen LogP contribution in [0.4, 0.5) is 0 Å². The Morgan fingerprint density at radius 2 is 1.85 bits per heavy atom. The first kappa shape index (κ1) is 15.8. The highest BCUT2D eigenvalue weighted by molar-refractivity contribution is 5.78. The summed E-state index contributed by atoms with van der Waals surface area (Å²) in [5, 5.41) is 3.56. The van der Waals surface area contributed by atoms with Crippen molar-refractivity contribution < 1.29 is 4.79 Å². The summed E-state index contributed by atoms with van der Waals surface area (Å²) in [5.74, 6) is 0.988. The van der Waals surface area contributed by atoms with E-state index in [0.29, 0.717) is 24.4 Å². The molecule has 2 saturated heterocycles. The third kappa shape index (κ3) is 4.45. The van der Waals surface area contributed by atoms with E-state index in [9.17, 15) is 4.79 Å². The summed E-state index contributed by atoms with van der Waals surface area (Å²) < 4.78 is 0. The third-order valence-electron chi connectivity index (χ3n) is 4.77. The Hall–Kier alpha value is -0.610. The quantitative estimate of drug-likeness (QED) is 0.852. The molecule has 2 heterocycles. The van der Waals surface area contributed by atoms with Gasteiger partial charge in [-0.2, -0.15) is 0 Å². The summed E-state index contributed by atoms with van der Waals surface area (Å²) in [7, 11) is 0. The Kier molecular flexibility index (Phi) is 6.30. The fourth-order valence-corrected chi connectivity index (χ4v) is 3.55. The van der Waals surface area contributed by atoms with Gasteiger partial charge >= 0.3 is 0 Å². The number of nitrogens with zero attached hydrogens (tertiary/aromatic N) is 2. The predicted molar refractivity (Wildman–Crippen MR) is 82.7 cm³/mol. The molecule has 0 bridgehead atoms. The molecule has 2 fully saturated rings. The van der Waals surface area contributed by atoms with Crippen molar-refractivity contribution in [3.8, 4) is 0 Å². The summed E-state index contributed by atoms with van der Waals surface area (Å²) in [6, 6.07) is 0.629. The average Bonchev–Trinajstić information content (AvgIpc) is 2.71. The fourth-order valence-electron chi connectivity index (χ4n) is 3.55. The zero-order valence-corrected chi connectivity index (χ0v) is 13.2. The summed E-state index contributed by atoms with van der Waals surface area (Å²) in [6.07, 6.45) is 6.11. The topological polar surface area (TPSA) is 35.6 Å². The van der Waals surface area contributed by atoms with E-state index in [1.54, 1.807) is 0 Å². The lowest BCUT2D eigenvalue weighted by atomic mass is 9.94. The minimum atomic E-state index is 0.348. The molecule has 116 valence electrons. The van der Waals surface area contributed by atoms with Crippen molar-refractivity contribution in [3.63, 3.8) is 0 Å². The number of piperidine rings is 1. The minimum Gasteiger partial charge on any atom is -0.342 e. The van der Waals surface area contributed by atoms with Crippen molar-refractivity contribution in [2.45, 2.75) is 52.0 Å². The van der Waals surface area contributed by atoms with Gasteiger partial charge in [0.25, 0.3) is 0 Å². The number of nitrogens with one attached hydrogen (secondary N) is 1. The molecule has 0 aromatic carbocycles. The lowest BCUT2D eigenvalue weighted by Gasteiger charge is -2.37. The molecule has 0 saturated carbocycles. The summed E-state index contributed by atoms with van der Waals surface area (Å²) in [4.78, 5) is 16.8. The van der Waals surface area contributed by atoms with E-state index in [0.717, 1.165) is 32.7 Å². The number of amides is 1. The first-order chi connectivity index (χ1) is 9.70. The van der Waals surface area contributed by atoms with Crippen molar-refractivity contribution in [1.82, 2.24) is 15.1 Å². The van der Waals surface area contributed by atoms with E-state index >= 15 is 0 Å².